The lowest BCUT2D eigenvalue weighted by molar-refractivity contribution is 0.252. The Hall–Kier alpha value is -3.68. The third-order valence-electron chi connectivity index (χ3n) is 4.78. The molecule has 4 N–H and O–H groups in total. The fourth-order valence-electron chi connectivity index (χ4n) is 3.25. The molecule has 0 fully saturated rings. The van der Waals surface area contributed by atoms with Gasteiger partial charge < -0.3 is 5.32 Å². The summed E-state index contributed by atoms with van der Waals surface area (Å²) in [5.41, 5.74) is 4.74. The average molecular weight is 513 g/mol. The Morgan fingerprint density at radius 1 is 1.00 bits per heavy atom. The average Bonchev–Trinajstić information content (AvgIpc) is 3.21. The number of carbonyl (C=O) groups is 1. The molecule has 4 rings (SSSR count). The normalized spacial score (nSPS) is 11.4. The summed E-state index contributed by atoms with van der Waals surface area (Å²) in [5.74, 6) is -0.0433. The third-order valence-corrected chi connectivity index (χ3v) is 6.92. The molecule has 4 aromatic rings. The second-order valence-electron chi connectivity index (χ2n) is 7.50. The third kappa shape index (κ3) is 5.88. The van der Waals surface area contributed by atoms with Gasteiger partial charge in [-0.1, -0.05) is 24.3 Å². The summed E-state index contributed by atoms with van der Waals surface area (Å²) >= 11 is 1.36. The van der Waals surface area contributed by atoms with Crippen LogP contribution in [0.2, 0.25) is 0 Å². The van der Waals surface area contributed by atoms with Gasteiger partial charge in [0.1, 0.15) is 0 Å². The Kier molecular flexibility index (Phi) is 7.19. The molecule has 1 aromatic carbocycles. The van der Waals surface area contributed by atoms with Crippen molar-refractivity contribution < 1.29 is 13.2 Å². The first-order chi connectivity index (χ1) is 16.8. The second kappa shape index (κ2) is 10.3. The fourth-order valence-corrected chi connectivity index (χ4v) is 5.01. The van der Waals surface area contributed by atoms with E-state index in [9.17, 15) is 13.2 Å². The maximum absolute atomic E-state index is 12.0. The van der Waals surface area contributed by atoms with E-state index in [0.29, 0.717) is 22.8 Å². The first-order valence-electron chi connectivity index (χ1n) is 10.8. The summed E-state index contributed by atoms with van der Waals surface area (Å²) in [6.07, 6.45) is 4.85. The van der Waals surface area contributed by atoms with Crippen molar-refractivity contribution >= 4 is 48.9 Å². The molecule has 0 saturated heterocycles. The van der Waals surface area contributed by atoms with Crippen molar-refractivity contribution in [2.45, 2.75) is 20.8 Å². The van der Waals surface area contributed by atoms with Gasteiger partial charge in [0.05, 0.1) is 15.9 Å². The second-order valence-corrected chi connectivity index (χ2v) is 9.99. The predicted octanol–water partition coefficient (Wildman–Crippen LogP) is 3.53. The topological polar surface area (TPSA) is 151 Å². The predicted molar refractivity (Wildman–Crippen MR) is 138 cm³/mol. The van der Waals surface area contributed by atoms with Gasteiger partial charge in [-0.05, 0) is 43.2 Å². The van der Waals surface area contributed by atoms with Crippen molar-refractivity contribution in [1.29, 1.82) is 0 Å². The number of nitrogens with one attached hydrogen (secondary N) is 4. The van der Waals surface area contributed by atoms with E-state index < -0.39 is 10.2 Å². The Bertz CT molecular complexity index is 1450. The number of anilines is 2. The van der Waals surface area contributed by atoms with Gasteiger partial charge in [0.2, 0.25) is 5.95 Å². The smallest absolute Gasteiger partial charge is 0.321 e. The van der Waals surface area contributed by atoms with E-state index in [0.717, 1.165) is 27.1 Å². The Labute approximate surface area is 206 Å². The van der Waals surface area contributed by atoms with Crippen molar-refractivity contribution in [3.63, 3.8) is 0 Å². The number of rotatable bonds is 8. The van der Waals surface area contributed by atoms with E-state index in [-0.39, 0.29) is 18.5 Å². The fraction of sp³-hybridized carbons (Fsp3) is 0.227. The summed E-state index contributed by atoms with van der Waals surface area (Å²) in [6.45, 7) is 6.22. The van der Waals surface area contributed by atoms with Gasteiger partial charge in [-0.2, -0.15) is 13.1 Å². The van der Waals surface area contributed by atoms with Crippen LogP contribution in [0.15, 0.2) is 42.9 Å². The van der Waals surface area contributed by atoms with Crippen LogP contribution < -0.4 is 20.1 Å². The largest absolute Gasteiger partial charge is 0.338 e. The van der Waals surface area contributed by atoms with Crippen molar-refractivity contribution in [3.8, 4) is 22.4 Å². The van der Waals surface area contributed by atoms with Gasteiger partial charge in [-0.3, -0.25) is 10.3 Å². The Balaban J connectivity index is 1.75. The van der Waals surface area contributed by atoms with Crippen molar-refractivity contribution in [1.82, 2.24) is 30.0 Å². The lowest BCUT2D eigenvalue weighted by atomic mass is 10.0. The van der Waals surface area contributed by atoms with Crippen LogP contribution in [0.5, 0.6) is 0 Å². The number of pyridine rings is 1. The minimum Gasteiger partial charge on any atom is -0.338 e. The molecule has 0 bridgehead atoms. The molecule has 0 saturated carbocycles. The molecule has 0 unspecified atom stereocenters. The molecule has 0 radical (unpaired) electrons. The number of aromatic nitrogens is 4. The molecule has 3 heterocycles. The lowest BCUT2D eigenvalue weighted by Gasteiger charge is -2.09. The molecule has 35 heavy (non-hydrogen) atoms. The van der Waals surface area contributed by atoms with Crippen LogP contribution in [-0.4, -0.2) is 47.5 Å². The number of aryl methyl sites for hydroxylation is 1. The van der Waals surface area contributed by atoms with Gasteiger partial charge in [0.25, 0.3) is 0 Å². The molecule has 0 aliphatic heterocycles. The van der Waals surface area contributed by atoms with Crippen LogP contribution in [0.1, 0.15) is 19.4 Å². The van der Waals surface area contributed by atoms with Crippen LogP contribution in [-0.2, 0) is 10.2 Å². The van der Waals surface area contributed by atoms with Crippen LogP contribution in [0, 0.1) is 6.92 Å². The number of hydrogen-bond donors (Lipinski definition) is 4. The number of amides is 2. The zero-order chi connectivity index (χ0) is 25.0. The van der Waals surface area contributed by atoms with E-state index >= 15 is 0 Å². The lowest BCUT2D eigenvalue weighted by Crippen LogP contribution is -2.30. The monoisotopic (exact) mass is 512 g/mol. The van der Waals surface area contributed by atoms with Gasteiger partial charge in [-0.25, -0.2) is 24.5 Å². The maximum atomic E-state index is 12.0. The summed E-state index contributed by atoms with van der Waals surface area (Å²) in [7, 11) is -3.73. The summed E-state index contributed by atoms with van der Waals surface area (Å²) in [5, 5.41) is 5.91. The van der Waals surface area contributed by atoms with Crippen molar-refractivity contribution in [3.05, 3.63) is 48.4 Å². The highest BCUT2D eigenvalue weighted by Gasteiger charge is 2.16. The van der Waals surface area contributed by atoms with E-state index in [1.165, 1.54) is 23.7 Å². The van der Waals surface area contributed by atoms with Crippen LogP contribution >= 0.6 is 11.3 Å². The molecular formula is C22H24N8O3S2. The number of thiazole rings is 1. The number of carbonyl (C=O) groups excluding carboxylic acids is 1. The molecule has 182 valence electrons. The summed E-state index contributed by atoms with van der Waals surface area (Å²) in [4.78, 5) is 29.4. The first kappa shape index (κ1) is 24.4. The quantitative estimate of drug-likeness (QED) is 0.282. The van der Waals surface area contributed by atoms with Gasteiger partial charge in [-0.15, -0.1) is 0 Å². The van der Waals surface area contributed by atoms with Gasteiger partial charge >= 0.3 is 16.2 Å². The van der Waals surface area contributed by atoms with E-state index in [2.05, 4.69) is 40.0 Å². The molecule has 11 nitrogen and oxygen atoms in total. The molecule has 0 aliphatic rings. The van der Waals surface area contributed by atoms with E-state index in [1.807, 2.05) is 38.1 Å². The standard InChI is InChI=1S/C22H24N8O3S2/c1-4-23-21(31)29-22-28-18-9-14(8-16(19(18)34-22)17-7-6-13(3)10-24-17)15-11-25-20(26-12-15)30-35(32,33)27-5-2/h6-12,27H,4-5H2,1-3H3,(H,25,26,30)(H2,23,28,29,31). The molecule has 0 aliphatic carbocycles. The van der Waals surface area contributed by atoms with Crippen molar-refractivity contribution in [2.24, 2.45) is 0 Å². The number of benzene rings is 1. The van der Waals surface area contributed by atoms with E-state index in [4.69, 9.17) is 0 Å². The molecule has 0 spiro atoms. The minimum atomic E-state index is -3.73. The molecule has 2 amide bonds. The molecular weight excluding hydrogens is 488 g/mol. The molecule has 3 aromatic heterocycles. The highest BCUT2D eigenvalue weighted by molar-refractivity contribution is 7.90. The number of fused-ring (bicyclic) bond motifs is 1. The zero-order valence-electron chi connectivity index (χ0n) is 19.3. The Morgan fingerprint density at radius 2 is 1.77 bits per heavy atom. The Morgan fingerprint density at radius 3 is 2.43 bits per heavy atom. The summed E-state index contributed by atoms with van der Waals surface area (Å²) in [6, 6.07) is 7.40. The number of hydrogen-bond acceptors (Lipinski definition) is 8. The first-order valence-corrected chi connectivity index (χ1v) is 13.1. The molecule has 0 atom stereocenters. The number of nitrogens with zero attached hydrogens (tertiary/aromatic N) is 4. The molecule has 13 heteroatoms. The van der Waals surface area contributed by atoms with E-state index in [1.54, 1.807) is 13.1 Å². The highest BCUT2D eigenvalue weighted by Crippen LogP contribution is 2.38. The van der Waals surface area contributed by atoms with Crippen LogP contribution in [0.3, 0.4) is 0 Å². The number of urea groups is 1. The van der Waals surface area contributed by atoms with Gasteiger partial charge in [0, 0.05) is 42.8 Å². The summed E-state index contributed by atoms with van der Waals surface area (Å²) < 4.78 is 29.3. The van der Waals surface area contributed by atoms with Crippen LogP contribution in [0.25, 0.3) is 32.6 Å². The minimum absolute atomic E-state index is 0.0433. The highest BCUT2D eigenvalue weighted by atomic mass is 32.2. The van der Waals surface area contributed by atoms with Crippen LogP contribution in [0.4, 0.5) is 15.9 Å². The van der Waals surface area contributed by atoms with Gasteiger partial charge in [0.15, 0.2) is 5.13 Å². The SMILES string of the molecule is CCNC(=O)Nc1nc2cc(-c3cnc(NS(=O)(=O)NCC)nc3)cc(-c3ccc(C)cn3)c2s1. The van der Waals surface area contributed by atoms with Crippen molar-refractivity contribution in [2.75, 3.05) is 23.1 Å². The zero-order valence-corrected chi connectivity index (χ0v) is 20.9. The maximum Gasteiger partial charge on any atom is 0.321 e.